The van der Waals surface area contributed by atoms with Gasteiger partial charge >= 0.3 is 0 Å². The van der Waals surface area contributed by atoms with E-state index in [9.17, 15) is 14.0 Å². The summed E-state index contributed by atoms with van der Waals surface area (Å²) in [6.07, 6.45) is 1.84. The van der Waals surface area contributed by atoms with Crippen LogP contribution in [0.3, 0.4) is 0 Å². The van der Waals surface area contributed by atoms with Crippen LogP contribution in [0.4, 0.5) is 4.39 Å². The van der Waals surface area contributed by atoms with Gasteiger partial charge in [-0.25, -0.2) is 4.39 Å². The van der Waals surface area contributed by atoms with Crippen molar-refractivity contribution in [3.05, 3.63) is 29.7 Å². The SMILES string of the molecule is CC1(C)C(=O)N[C@H]1C1CCN(C(=O)Cc2noc3ccc(F)cc23)CC1. The van der Waals surface area contributed by atoms with Crippen LogP contribution in [0.1, 0.15) is 32.4 Å². The molecule has 2 aliphatic heterocycles. The Kier molecular flexibility index (Phi) is 3.97. The Morgan fingerprint density at radius 2 is 2.12 bits per heavy atom. The van der Waals surface area contributed by atoms with Crippen molar-refractivity contribution in [1.82, 2.24) is 15.4 Å². The molecule has 1 N–H and O–H groups in total. The Bertz CT molecular complexity index is 868. The van der Waals surface area contributed by atoms with Crippen LogP contribution in [0.15, 0.2) is 22.7 Å². The molecule has 2 amide bonds. The first-order valence-corrected chi connectivity index (χ1v) is 8.99. The highest BCUT2D eigenvalue weighted by molar-refractivity contribution is 5.89. The molecule has 6 nitrogen and oxygen atoms in total. The zero-order valence-corrected chi connectivity index (χ0v) is 14.9. The molecule has 138 valence electrons. The molecule has 2 aromatic rings. The van der Waals surface area contributed by atoms with Gasteiger partial charge in [0, 0.05) is 24.5 Å². The summed E-state index contributed by atoms with van der Waals surface area (Å²) in [7, 11) is 0. The van der Waals surface area contributed by atoms with E-state index in [1.165, 1.54) is 18.2 Å². The number of likely N-dealkylation sites (tertiary alicyclic amines) is 1. The van der Waals surface area contributed by atoms with Crippen molar-refractivity contribution in [2.24, 2.45) is 11.3 Å². The lowest BCUT2D eigenvalue weighted by Gasteiger charge is -2.50. The first-order valence-electron chi connectivity index (χ1n) is 8.99. The van der Waals surface area contributed by atoms with Gasteiger partial charge in [0.2, 0.25) is 11.8 Å². The van der Waals surface area contributed by atoms with Gasteiger partial charge < -0.3 is 14.7 Å². The number of nitrogens with one attached hydrogen (secondary N) is 1. The maximum atomic E-state index is 13.4. The molecule has 4 rings (SSSR count). The van der Waals surface area contributed by atoms with E-state index in [-0.39, 0.29) is 35.5 Å². The number of carbonyl (C=O) groups is 2. The number of amides is 2. The van der Waals surface area contributed by atoms with Gasteiger partial charge in [-0.2, -0.15) is 0 Å². The molecule has 1 atom stereocenters. The number of benzene rings is 1. The van der Waals surface area contributed by atoms with Crippen LogP contribution < -0.4 is 5.32 Å². The fraction of sp³-hybridized carbons (Fsp3) is 0.526. The summed E-state index contributed by atoms with van der Waals surface area (Å²) in [5, 5.41) is 7.48. The highest BCUT2D eigenvalue weighted by Gasteiger charge is 2.51. The van der Waals surface area contributed by atoms with E-state index in [1.807, 2.05) is 18.7 Å². The van der Waals surface area contributed by atoms with E-state index in [0.29, 0.717) is 35.7 Å². The molecule has 1 aromatic carbocycles. The second kappa shape index (κ2) is 6.07. The van der Waals surface area contributed by atoms with Gasteiger partial charge in [0.05, 0.1) is 11.8 Å². The lowest BCUT2D eigenvalue weighted by atomic mass is 9.68. The first-order chi connectivity index (χ1) is 12.4. The van der Waals surface area contributed by atoms with Crippen molar-refractivity contribution in [2.45, 2.75) is 39.2 Å². The molecule has 0 bridgehead atoms. The summed E-state index contributed by atoms with van der Waals surface area (Å²) in [6, 6.07) is 4.37. The second-order valence-corrected chi connectivity index (χ2v) is 7.84. The number of nitrogens with zero attached hydrogens (tertiary/aromatic N) is 2. The summed E-state index contributed by atoms with van der Waals surface area (Å²) >= 11 is 0. The normalized spacial score (nSPS) is 23.0. The first kappa shape index (κ1) is 17.0. The van der Waals surface area contributed by atoms with Gasteiger partial charge in [-0.1, -0.05) is 5.16 Å². The summed E-state index contributed by atoms with van der Waals surface area (Å²) in [4.78, 5) is 26.1. The van der Waals surface area contributed by atoms with Crippen LogP contribution in [-0.4, -0.2) is 41.0 Å². The Balaban J connectivity index is 1.38. The number of carbonyl (C=O) groups excluding carboxylic acids is 2. The lowest BCUT2D eigenvalue weighted by molar-refractivity contribution is -0.147. The monoisotopic (exact) mass is 359 g/mol. The van der Waals surface area contributed by atoms with Crippen LogP contribution in [0.5, 0.6) is 0 Å². The molecule has 2 fully saturated rings. The number of rotatable bonds is 3. The quantitative estimate of drug-likeness (QED) is 0.853. The van der Waals surface area contributed by atoms with Crippen molar-refractivity contribution in [2.75, 3.05) is 13.1 Å². The van der Waals surface area contributed by atoms with Crippen LogP contribution in [0, 0.1) is 17.2 Å². The van der Waals surface area contributed by atoms with Gasteiger partial charge in [-0.15, -0.1) is 0 Å². The van der Waals surface area contributed by atoms with E-state index < -0.39 is 0 Å². The summed E-state index contributed by atoms with van der Waals surface area (Å²) in [5.74, 6) is 0.0973. The molecule has 2 aliphatic rings. The van der Waals surface area contributed by atoms with Crippen molar-refractivity contribution >= 4 is 22.8 Å². The number of fused-ring (bicyclic) bond motifs is 1. The minimum atomic E-state index is -0.375. The van der Waals surface area contributed by atoms with Crippen molar-refractivity contribution in [1.29, 1.82) is 0 Å². The zero-order valence-electron chi connectivity index (χ0n) is 14.9. The van der Waals surface area contributed by atoms with Gasteiger partial charge in [0.1, 0.15) is 11.5 Å². The molecule has 0 unspecified atom stereocenters. The molecule has 2 saturated heterocycles. The van der Waals surface area contributed by atoms with Crippen molar-refractivity contribution in [3.8, 4) is 0 Å². The number of β-lactam (4-membered cyclic amide) rings is 1. The Hall–Kier alpha value is -2.44. The third kappa shape index (κ3) is 2.75. The van der Waals surface area contributed by atoms with E-state index in [0.717, 1.165) is 12.8 Å². The Morgan fingerprint density at radius 1 is 1.38 bits per heavy atom. The molecule has 26 heavy (non-hydrogen) atoms. The summed E-state index contributed by atoms with van der Waals surface area (Å²) in [6.45, 7) is 5.28. The van der Waals surface area contributed by atoms with Gasteiger partial charge in [-0.05, 0) is 50.8 Å². The summed E-state index contributed by atoms with van der Waals surface area (Å²) in [5.41, 5.74) is 0.635. The van der Waals surface area contributed by atoms with Gasteiger partial charge in [0.15, 0.2) is 5.58 Å². The van der Waals surface area contributed by atoms with Crippen LogP contribution in [0.2, 0.25) is 0 Å². The topological polar surface area (TPSA) is 75.4 Å². The fourth-order valence-corrected chi connectivity index (χ4v) is 4.10. The number of piperidine rings is 1. The highest BCUT2D eigenvalue weighted by atomic mass is 19.1. The third-order valence-corrected chi connectivity index (χ3v) is 5.84. The van der Waals surface area contributed by atoms with E-state index in [1.54, 1.807) is 0 Å². The molecule has 0 saturated carbocycles. The number of hydrogen-bond donors (Lipinski definition) is 1. The molecular weight excluding hydrogens is 337 g/mol. The van der Waals surface area contributed by atoms with Crippen molar-refractivity contribution in [3.63, 3.8) is 0 Å². The van der Waals surface area contributed by atoms with E-state index >= 15 is 0 Å². The molecule has 0 spiro atoms. The number of aromatic nitrogens is 1. The van der Waals surface area contributed by atoms with Crippen LogP contribution >= 0.6 is 0 Å². The maximum Gasteiger partial charge on any atom is 0.228 e. The zero-order chi connectivity index (χ0) is 18.5. The predicted molar refractivity (Wildman–Crippen MR) is 92.7 cm³/mol. The minimum Gasteiger partial charge on any atom is -0.356 e. The minimum absolute atomic E-state index is 0.0279. The third-order valence-electron chi connectivity index (χ3n) is 5.84. The average molecular weight is 359 g/mol. The van der Waals surface area contributed by atoms with Gasteiger partial charge in [0.25, 0.3) is 0 Å². The average Bonchev–Trinajstić information content (AvgIpc) is 3.01. The molecule has 0 aliphatic carbocycles. The van der Waals surface area contributed by atoms with Crippen molar-refractivity contribution < 1.29 is 18.5 Å². The van der Waals surface area contributed by atoms with Crippen LogP contribution in [0.25, 0.3) is 11.0 Å². The Labute approximate surface area is 150 Å². The molecule has 0 radical (unpaired) electrons. The van der Waals surface area contributed by atoms with E-state index in [4.69, 9.17) is 4.52 Å². The lowest BCUT2D eigenvalue weighted by Crippen LogP contribution is -2.68. The van der Waals surface area contributed by atoms with Crippen LogP contribution in [-0.2, 0) is 16.0 Å². The maximum absolute atomic E-state index is 13.4. The predicted octanol–water partition coefficient (Wildman–Crippen LogP) is 2.27. The number of halogens is 1. The largest absolute Gasteiger partial charge is 0.356 e. The molecule has 1 aromatic heterocycles. The Morgan fingerprint density at radius 3 is 2.77 bits per heavy atom. The number of hydrogen-bond acceptors (Lipinski definition) is 4. The smallest absolute Gasteiger partial charge is 0.228 e. The highest BCUT2D eigenvalue weighted by Crippen LogP contribution is 2.38. The fourth-order valence-electron chi connectivity index (χ4n) is 4.10. The molecular formula is C19H22FN3O3. The standard InChI is InChI=1S/C19H22FN3O3/c1-19(2)17(21-18(19)25)11-5-7-23(8-6-11)16(24)10-14-13-9-12(20)3-4-15(13)26-22-14/h3-4,9,11,17H,5-8,10H2,1-2H3,(H,21,25)/t17-/m0/s1. The summed E-state index contributed by atoms with van der Waals surface area (Å²) < 4.78 is 18.6. The second-order valence-electron chi connectivity index (χ2n) is 7.84. The molecule has 7 heteroatoms. The van der Waals surface area contributed by atoms with Gasteiger partial charge in [-0.3, -0.25) is 9.59 Å². The van der Waals surface area contributed by atoms with E-state index in [2.05, 4.69) is 10.5 Å². The molecule has 3 heterocycles.